The van der Waals surface area contributed by atoms with Crippen molar-refractivity contribution >= 4 is 22.9 Å². The smallest absolute Gasteiger partial charge is 0.314 e. The Morgan fingerprint density at radius 2 is 1.79 bits per heavy atom. The third kappa shape index (κ3) is 4.21. The lowest BCUT2D eigenvalue weighted by Crippen LogP contribution is -2.38. The Hall–Kier alpha value is -3.16. The van der Waals surface area contributed by atoms with Gasteiger partial charge in [0.25, 0.3) is 0 Å². The lowest BCUT2D eigenvalue weighted by molar-refractivity contribution is 0.241. The molecule has 0 fully saturated rings. The molecule has 0 atom stereocenters. The molecule has 0 radical (unpaired) electrons. The quantitative estimate of drug-likeness (QED) is 0.547. The van der Waals surface area contributed by atoms with Crippen molar-refractivity contribution < 1.29 is 4.79 Å². The number of hydrogen-bond acceptors (Lipinski definition) is 5. The lowest BCUT2D eigenvalue weighted by Gasteiger charge is -2.10. The van der Waals surface area contributed by atoms with Gasteiger partial charge in [0.2, 0.25) is 0 Å². The van der Waals surface area contributed by atoms with Gasteiger partial charge in [-0.25, -0.2) is 19.4 Å². The number of carbonyl (C=O) groups is 1. The first-order valence-corrected chi connectivity index (χ1v) is 9.56. The summed E-state index contributed by atoms with van der Waals surface area (Å²) in [5.41, 5.74) is 3.75. The van der Waals surface area contributed by atoms with E-state index >= 15 is 0 Å². The maximum Gasteiger partial charge on any atom is 0.314 e. The summed E-state index contributed by atoms with van der Waals surface area (Å²) in [7, 11) is 0. The summed E-state index contributed by atoms with van der Waals surface area (Å²) < 4.78 is 1.87. The highest BCUT2D eigenvalue weighted by Crippen LogP contribution is 2.27. The molecule has 0 saturated heterocycles. The Labute approximate surface area is 164 Å². The number of benzene rings is 1. The summed E-state index contributed by atoms with van der Waals surface area (Å²) in [6.45, 7) is 9.61. The van der Waals surface area contributed by atoms with Crippen LogP contribution < -0.4 is 16.0 Å². The Balaban J connectivity index is 1.82. The highest BCUT2D eigenvalue weighted by molar-refractivity contribution is 5.90. The zero-order chi connectivity index (χ0) is 20.1. The molecule has 8 nitrogen and oxygen atoms in total. The van der Waals surface area contributed by atoms with Gasteiger partial charge in [-0.05, 0) is 38.8 Å². The predicted molar refractivity (Wildman–Crippen MR) is 111 cm³/mol. The van der Waals surface area contributed by atoms with Crippen LogP contribution in [0.15, 0.2) is 24.3 Å². The third-order valence-corrected chi connectivity index (χ3v) is 4.40. The lowest BCUT2D eigenvalue weighted by atomic mass is 10.2. The minimum Gasteiger partial charge on any atom is -0.368 e. The van der Waals surface area contributed by atoms with Gasteiger partial charge in [0.05, 0.1) is 16.8 Å². The van der Waals surface area contributed by atoms with Crippen molar-refractivity contribution in [2.24, 2.45) is 0 Å². The van der Waals surface area contributed by atoms with E-state index in [-0.39, 0.29) is 6.03 Å². The van der Waals surface area contributed by atoms with Crippen molar-refractivity contribution in [3.8, 4) is 5.69 Å². The number of urea groups is 1. The molecular formula is C20H27N7O. The molecule has 0 unspecified atom stereocenters. The number of carbonyl (C=O) groups excluding carboxylic acids is 1. The third-order valence-electron chi connectivity index (χ3n) is 4.40. The molecule has 2 aromatic heterocycles. The number of fused-ring (bicyclic) bond motifs is 1. The van der Waals surface area contributed by atoms with Crippen LogP contribution in [-0.4, -0.2) is 45.4 Å². The second-order valence-corrected chi connectivity index (χ2v) is 6.71. The van der Waals surface area contributed by atoms with Gasteiger partial charge in [0, 0.05) is 19.6 Å². The molecule has 0 spiro atoms. The zero-order valence-electron chi connectivity index (χ0n) is 16.8. The van der Waals surface area contributed by atoms with Gasteiger partial charge in [-0.2, -0.15) is 5.10 Å². The van der Waals surface area contributed by atoms with Gasteiger partial charge in [-0.3, -0.25) is 0 Å². The van der Waals surface area contributed by atoms with Crippen molar-refractivity contribution in [2.75, 3.05) is 25.0 Å². The van der Waals surface area contributed by atoms with Gasteiger partial charge in [-0.15, -0.1) is 0 Å². The van der Waals surface area contributed by atoms with Gasteiger partial charge in [0.15, 0.2) is 5.65 Å². The second kappa shape index (κ2) is 8.69. The van der Waals surface area contributed by atoms with E-state index in [2.05, 4.69) is 38.9 Å². The van der Waals surface area contributed by atoms with Crippen LogP contribution in [-0.2, 0) is 0 Å². The Kier molecular flexibility index (Phi) is 6.08. The van der Waals surface area contributed by atoms with Gasteiger partial charge >= 0.3 is 6.03 Å². The Morgan fingerprint density at radius 1 is 1.04 bits per heavy atom. The van der Waals surface area contributed by atoms with E-state index in [0.717, 1.165) is 40.2 Å². The molecule has 0 aliphatic heterocycles. The molecular weight excluding hydrogens is 354 g/mol. The number of rotatable bonds is 7. The van der Waals surface area contributed by atoms with Crippen molar-refractivity contribution in [3.63, 3.8) is 0 Å². The summed E-state index contributed by atoms with van der Waals surface area (Å²) in [6, 6.07) is 7.93. The van der Waals surface area contributed by atoms with Crippen LogP contribution in [0.4, 0.5) is 10.6 Å². The van der Waals surface area contributed by atoms with Crippen molar-refractivity contribution in [1.29, 1.82) is 0 Å². The van der Waals surface area contributed by atoms with Crippen LogP contribution in [0.3, 0.4) is 0 Å². The van der Waals surface area contributed by atoms with Gasteiger partial charge < -0.3 is 16.0 Å². The number of hydrogen-bond donors (Lipinski definition) is 3. The van der Waals surface area contributed by atoms with Crippen LogP contribution in [0.5, 0.6) is 0 Å². The second-order valence-electron chi connectivity index (χ2n) is 6.71. The van der Waals surface area contributed by atoms with Gasteiger partial charge in [-0.1, -0.05) is 25.1 Å². The molecule has 0 saturated carbocycles. The molecule has 3 N–H and O–H groups in total. The minimum absolute atomic E-state index is 0.156. The summed E-state index contributed by atoms with van der Waals surface area (Å²) in [5, 5.41) is 14.5. The van der Waals surface area contributed by atoms with Crippen molar-refractivity contribution in [2.45, 2.75) is 34.1 Å². The molecule has 0 aliphatic rings. The zero-order valence-corrected chi connectivity index (χ0v) is 16.8. The van der Waals surface area contributed by atoms with E-state index in [1.807, 2.05) is 43.7 Å². The highest BCUT2D eigenvalue weighted by atomic mass is 16.2. The number of aryl methyl sites for hydroxylation is 3. The van der Waals surface area contributed by atoms with Gasteiger partial charge in [0.1, 0.15) is 11.6 Å². The number of nitrogens with one attached hydrogen (secondary N) is 3. The van der Waals surface area contributed by atoms with Crippen LogP contribution in [0.2, 0.25) is 0 Å². The Morgan fingerprint density at radius 3 is 2.54 bits per heavy atom. The molecule has 3 rings (SSSR count). The summed E-state index contributed by atoms with van der Waals surface area (Å²) >= 11 is 0. The normalized spacial score (nSPS) is 10.9. The molecule has 3 aromatic rings. The number of nitrogens with zero attached hydrogens (tertiary/aromatic N) is 4. The SMILES string of the molecule is CCCNC(=O)NCCNc1nc(C)nc2c1c(C)nn2-c1ccccc1C. The van der Waals surface area contributed by atoms with E-state index in [1.54, 1.807) is 0 Å². The predicted octanol–water partition coefficient (Wildman–Crippen LogP) is 2.86. The number of amides is 2. The maximum atomic E-state index is 11.6. The first-order chi connectivity index (χ1) is 13.5. The summed E-state index contributed by atoms with van der Waals surface area (Å²) in [4.78, 5) is 20.8. The maximum absolute atomic E-state index is 11.6. The molecule has 148 valence electrons. The number of para-hydroxylation sites is 1. The number of anilines is 1. The molecule has 2 heterocycles. The highest BCUT2D eigenvalue weighted by Gasteiger charge is 2.17. The topological polar surface area (TPSA) is 96.8 Å². The summed E-state index contributed by atoms with van der Waals surface area (Å²) in [6.07, 6.45) is 0.911. The van der Waals surface area contributed by atoms with Crippen LogP contribution in [0, 0.1) is 20.8 Å². The van der Waals surface area contributed by atoms with Crippen LogP contribution in [0.1, 0.15) is 30.4 Å². The van der Waals surface area contributed by atoms with E-state index in [9.17, 15) is 4.79 Å². The number of aromatic nitrogens is 4. The van der Waals surface area contributed by atoms with E-state index in [0.29, 0.717) is 25.5 Å². The fraction of sp³-hybridized carbons (Fsp3) is 0.400. The molecule has 8 heteroatoms. The van der Waals surface area contributed by atoms with E-state index in [4.69, 9.17) is 5.10 Å². The minimum atomic E-state index is -0.156. The molecule has 28 heavy (non-hydrogen) atoms. The monoisotopic (exact) mass is 381 g/mol. The van der Waals surface area contributed by atoms with E-state index < -0.39 is 0 Å². The molecule has 2 amide bonds. The fourth-order valence-electron chi connectivity index (χ4n) is 3.05. The van der Waals surface area contributed by atoms with Crippen molar-refractivity contribution in [1.82, 2.24) is 30.4 Å². The average molecular weight is 381 g/mol. The molecule has 1 aromatic carbocycles. The first kappa shape index (κ1) is 19.6. The standard InChI is InChI=1S/C20H27N7O/c1-5-10-22-20(28)23-12-11-21-18-17-14(3)26-27(19(17)25-15(4)24-18)16-9-7-6-8-13(16)2/h6-9H,5,10-12H2,1-4H3,(H,21,24,25)(H2,22,23,28). The van der Waals surface area contributed by atoms with Crippen molar-refractivity contribution in [3.05, 3.63) is 41.3 Å². The first-order valence-electron chi connectivity index (χ1n) is 9.56. The Bertz CT molecular complexity index is 980. The fourth-order valence-corrected chi connectivity index (χ4v) is 3.05. The molecule has 0 bridgehead atoms. The average Bonchev–Trinajstić information content (AvgIpc) is 3.00. The largest absolute Gasteiger partial charge is 0.368 e. The van der Waals surface area contributed by atoms with E-state index in [1.165, 1.54) is 0 Å². The van der Waals surface area contributed by atoms with Crippen LogP contribution in [0.25, 0.3) is 16.7 Å². The summed E-state index contributed by atoms with van der Waals surface area (Å²) in [5.74, 6) is 1.40. The molecule has 0 aliphatic carbocycles. The van der Waals surface area contributed by atoms with Crippen LogP contribution >= 0.6 is 0 Å².